The number of anilines is 4. The van der Waals surface area contributed by atoms with Crippen molar-refractivity contribution in [3.8, 4) is 0 Å². The molecule has 2 amide bonds. The highest BCUT2D eigenvalue weighted by Gasteiger charge is 2.28. The van der Waals surface area contributed by atoms with E-state index < -0.39 is 17.1 Å². The average Bonchev–Trinajstić information content (AvgIpc) is 3.34. The van der Waals surface area contributed by atoms with E-state index in [1.807, 2.05) is 6.07 Å². The van der Waals surface area contributed by atoms with Crippen molar-refractivity contribution in [1.29, 1.82) is 0 Å². The second kappa shape index (κ2) is 10.00. The number of nitrogens with one attached hydrogen (secondary N) is 2. The van der Waals surface area contributed by atoms with Crippen molar-refractivity contribution in [2.45, 2.75) is 0 Å². The Hall–Kier alpha value is -4.68. The minimum atomic E-state index is -0.471. The maximum atomic E-state index is 13.5. The highest BCUT2D eigenvalue weighted by Crippen LogP contribution is 2.25. The van der Waals surface area contributed by atoms with Gasteiger partial charge in [-0.2, -0.15) is 0 Å². The number of nitrogens with zero attached hydrogens (tertiary/aromatic N) is 6. The van der Waals surface area contributed by atoms with Crippen molar-refractivity contribution in [1.82, 2.24) is 19.0 Å². The molecule has 38 heavy (non-hydrogen) atoms. The lowest BCUT2D eigenvalue weighted by molar-refractivity contribution is -0.115. The third-order valence-electron chi connectivity index (χ3n) is 6.75. The molecular formula is C25H27FN8O4. The summed E-state index contributed by atoms with van der Waals surface area (Å²) >= 11 is 0. The Morgan fingerprint density at radius 1 is 1.05 bits per heavy atom. The van der Waals surface area contributed by atoms with Crippen LogP contribution in [-0.2, 0) is 18.9 Å². The van der Waals surface area contributed by atoms with E-state index >= 15 is 0 Å². The molecule has 2 aliphatic rings. The van der Waals surface area contributed by atoms with Crippen molar-refractivity contribution in [2.24, 2.45) is 14.1 Å². The normalized spacial score (nSPS) is 14.8. The molecule has 2 aliphatic heterocycles. The van der Waals surface area contributed by atoms with Crippen LogP contribution in [0.15, 0.2) is 52.2 Å². The van der Waals surface area contributed by atoms with Crippen molar-refractivity contribution >= 4 is 34.8 Å². The number of rotatable bonds is 5. The summed E-state index contributed by atoms with van der Waals surface area (Å²) < 4.78 is 15.8. The van der Waals surface area contributed by atoms with Crippen LogP contribution in [-0.4, -0.2) is 70.2 Å². The second-order valence-corrected chi connectivity index (χ2v) is 9.18. The quantitative estimate of drug-likeness (QED) is 0.494. The van der Waals surface area contributed by atoms with Gasteiger partial charge in [-0.1, -0.05) is 6.07 Å². The van der Waals surface area contributed by atoms with Crippen LogP contribution < -0.4 is 31.7 Å². The number of carbonyl (C=O) groups is 2. The maximum absolute atomic E-state index is 13.5. The Morgan fingerprint density at radius 3 is 2.50 bits per heavy atom. The summed E-state index contributed by atoms with van der Waals surface area (Å²) in [4.78, 5) is 59.7. The first kappa shape index (κ1) is 25.0. The molecule has 0 aliphatic carbocycles. The Bertz CT molecular complexity index is 1510. The average molecular weight is 523 g/mol. The zero-order chi connectivity index (χ0) is 27.0. The molecule has 0 spiro atoms. The molecule has 198 valence electrons. The van der Waals surface area contributed by atoms with Crippen molar-refractivity contribution < 1.29 is 14.0 Å². The third kappa shape index (κ3) is 4.69. The fourth-order valence-electron chi connectivity index (χ4n) is 4.67. The van der Waals surface area contributed by atoms with Crippen LogP contribution in [0.3, 0.4) is 0 Å². The van der Waals surface area contributed by atoms with E-state index in [1.54, 1.807) is 35.2 Å². The molecule has 0 atom stereocenters. The van der Waals surface area contributed by atoms with Gasteiger partial charge in [0.2, 0.25) is 5.91 Å². The number of fused-ring (bicyclic) bond motifs is 1. The highest BCUT2D eigenvalue weighted by molar-refractivity contribution is 5.95. The summed E-state index contributed by atoms with van der Waals surface area (Å²) in [6.45, 7) is 2.28. The molecular weight excluding hydrogens is 495 g/mol. The molecule has 1 aromatic carbocycles. The van der Waals surface area contributed by atoms with Gasteiger partial charge in [0.15, 0.2) is 0 Å². The lowest BCUT2D eigenvalue weighted by atomic mass is 10.1. The maximum Gasteiger partial charge on any atom is 0.332 e. The Balaban J connectivity index is 1.17. The number of halogens is 1. The number of hydrogen-bond acceptors (Lipinski definition) is 8. The first-order valence-corrected chi connectivity index (χ1v) is 12.1. The van der Waals surface area contributed by atoms with E-state index in [2.05, 4.69) is 20.5 Å². The van der Waals surface area contributed by atoms with Crippen LogP contribution in [0.25, 0.3) is 0 Å². The molecule has 12 nitrogen and oxygen atoms in total. The lowest BCUT2D eigenvalue weighted by Gasteiger charge is -2.36. The number of benzene rings is 1. The predicted molar refractivity (Wildman–Crippen MR) is 140 cm³/mol. The third-order valence-corrected chi connectivity index (χ3v) is 6.75. The SMILES string of the molecule is Cn1c2c(c(=O)n(C)c1=O)N(CC(=O)Nc1ccc(N3CCN(C(=O)c4cccc(F)c4)CC3)cn1)CN2. The van der Waals surface area contributed by atoms with Crippen LogP contribution >= 0.6 is 0 Å². The van der Waals surface area contributed by atoms with Gasteiger partial charge in [-0.15, -0.1) is 0 Å². The molecule has 1 saturated heterocycles. The van der Waals surface area contributed by atoms with E-state index in [4.69, 9.17) is 0 Å². The molecule has 0 unspecified atom stereocenters. The topological polar surface area (TPSA) is 125 Å². The highest BCUT2D eigenvalue weighted by atomic mass is 19.1. The van der Waals surface area contributed by atoms with Gasteiger partial charge >= 0.3 is 5.69 Å². The van der Waals surface area contributed by atoms with Crippen LogP contribution in [0.1, 0.15) is 10.4 Å². The Morgan fingerprint density at radius 2 is 1.82 bits per heavy atom. The fourth-order valence-corrected chi connectivity index (χ4v) is 4.67. The molecule has 0 saturated carbocycles. The molecule has 5 rings (SSSR count). The van der Waals surface area contributed by atoms with E-state index in [0.717, 1.165) is 10.3 Å². The van der Waals surface area contributed by atoms with Crippen molar-refractivity contribution in [3.05, 3.63) is 74.8 Å². The molecule has 1 fully saturated rings. The van der Waals surface area contributed by atoms with Gasteiger partial charge in [0.1, 0.15) is 23.1 Å². The summed E-state index contributed by atoms with van der Waals surface area (Å²) in [6.07, 6.45) is 1.65. The first-order chi connectivity index (χ1) is 18.2. The molecule has 13 heteroatoms. The summed E-state index contributed by atoms with van der Waals surface area (Å²) in [5, 5.41) is 5.73. The van der Waals surface area contributed by atoms with Gasteiger partial charge in [-0.25, -0.2) is 14.2 Å². The van der Waals surface area contributed by atoms with Gasteiger partial charge in [-0.05, 0) is 30.3 Å². The predicted octanol–water partition coefficient (Wildman–Crippen LogP) is 0.409. The lowest BCUT2D eigenvalue weighted by Crippen LogP contribution is -2.48. The number of amides is 2. The first-order valence-electron chi connectivity index (χ1n) is 12.1. The Kier molecular flexibility index (Phi) is 6.57. The van der Waals surface area contributed by atoms with Crippen LogP contribution in [0.4, 0.5) is 27.4 Å². The van der Waals surface area contributed by atoms with E-state index in [1.165, 1.54) is 29.8 Å². The number of carbonyl (C=O) groups excluding carboxylic acids is 2. The minimum absolute atomic E-state index is 0.0990. The van der Waals surface area contributed by atoms with Gasteiger partial charge in [0.05, 0.1) is 25.1 Å². The monoisotopic (exact) mass is 522 g/mol. The van der Waals surface area contributed by atoms with Crippen molar-refractivity contribution in [3.63, 3.8) is 0 Å². The number of hydrogen-bond donors (Lipinski definition) is 2. The molecule has 4 heterocycles. The van der Waals surface area contributed by atoms with E-state index in [0.29, 0.717) is 43.4 Å². The molecule has 3 aromatic rings. The van der Waals surface area contributed by atoms with E-state index in [-0.39, 0.29) is 30.7 Å². The number of pyridine rings is 1. The largest absolute Gasteiger partial charge is 0.367 e. The minimum Gasteiger partial charge on any atom is -0.367 e. The van der Waals surface area contributed by atoms with Crippen LogP contribution in [0, 0.1) is 5.82 Å². The van der Waals surface area contributed by atoms with Gasteiger partial charge in [0.25, 0.3) is 11.5 Å². The van der Waals surface area contributed by atoms with Crippen LogP contribution in [0.5, 0.6) is 0 Å². The zero-order valence-electron chi connectivity index (χ0n) is 21.0. The summed E-state index contributed by atoms with van der Waals surface area (Å²) in [7, 11) is 2.96. The van der Waals surface area contributed by atoms with Crippen LogP contribution in [0.2, 0.25) is 0 Å². The zero-order valence-corrected chi connectivity index (χ0v) is 21.0. The molecule has 0 bridgehead atoms. The standard InChI is InChI=1S/C25H27FN8O4/c1-30-22-21(24(37)31(2)25(30)38)34(15-28-22)14-20(35)29-19-7-6-18(13-27-19)32-8-10-33(11-9-32)23(36)16-4-3-5-17(26)12-16/h3-7,12-13,28H,8-11,14-15H2,1-2H3,(H,27,29,35). The smallest absolute Gasteiger partial charge is 0.332 e. The van der Waals surface area contributed by atoms with E-state index in [9.17, 15) is 23.6 Å². The van der Waals surface area contributed by atoms with Gasteiger partial charge in [-0.3, -0.25) is 23.5 Å². The summed E-state index contributed by atoms with van der Waals surface area (Å²) in [6, 6.07) is 9.21. The van der Waals surface area contributed by atoms with Crippen molar-refractivity contribution in [2.75, 3.05) is 59.8 Å². The molecule has 2 N–H and O–H groups in total. The van der Waals surface area contributed by atoms with Gasteiger partial charge < -0.3 is 25.3 Å². The number of aromatic nitrogens is 3. The number of piperazine rings is 1. The van der Waals surface area contributed by atoms with Gasteiger partial charge in [0, 0.05) is 45.8 Å². The molecule has 2 aromatic heterocycles. The Labute approximate surface area is 216 Å². The molecule has 0 radical (unpaired) electrons. The fraction of sp³-hybridized carbons (Fsp3) is 0.320. The summed E-state index contributed by atoms with van der Waals surface area (Å²) in [5.74, 6) is -0.257. The summed E-state index contributed by atoms with van der Waals surface area (Å²) in [5.41, 5.74) is 0.529. The second-order valence-electron chi connectivity index (χ2n) is 9.18.